The zero-order valence-electron chi connectivity index (χ0n) is 28.0. The van der Waals surface area contributed by atoms with Crippen LogP contribution in [0.5, 0.6) is 0 Å². The molecule has 49 heavy (non-hydrogen) atoms. The summed E-state index contributed by atoms with van der Waals surface area (Å²) in [6, 6.07) is 0. The first-order valence-electron chi connectivity index (χ1n) is 16.2. The van der Waals surface area contributed by atoms with Crippen molar-refractivity contribution in [1.82, 2.24) is 0 Å². The van der Waals surface area contributed by atoms with Crippen molar-refractivity contribution in [1.29, 1.82) is 4.35 Å². The molecule has 4 radical (unpaired) electrons. The summed E-state index contributed by atoms with van der Waals surface area (Å²) >= 11 is 1.67. The van der Waals surface area contributed by atoms with Crippen LogP contribution >= 0.6 is 0 Å². The van der Waals surface area contributed by atoms with Crippen LogP contribution in [0.1, 0.15) is 71.6 Å². The van der Waals surface area contributed by atoms with Crippen LogP contribution in [0, 0.1) is 21.1 Å². The van der Waals surface area contributed by atoms with Gasteiger partial charge in [0.2, 0.25) is 0 Å². The monoisotopic (exact) mass is 703 g/mol. The minimum atomic E-state index is -0.912. The van der Waals surface area contributed by atoms with Gasteiger partial charge in [0, 0.05) is 14.5 Å². The van der Waals surface area contributed by atoms with Crippen LogP contribution in [-0.2, 0) is 66.7 Å². The van der Waals surface area contributed by atoms with Crippen molar-refractivity contribution in [2.75, 3.05) is 39.6 Å². The fraction of sp³-hybridized carbons (Fsp3) is 0.750. The van der Waals surface area contributed by atoms with Gasteiger partial charge in [-0.05, 0) is 44.9 Å². The summed E-state index contributed by atoms with van der Waals surface area (Å²) in [7, 11) is 0. The number of carbonyl (C=O) groups is 6. The van der Waals surface area contributed by atoms with Crippen LogP contribution in [0.4, 0.5) is 0 Å². The third-order valence-corrected chi connectivity index (χ3v) is 10.3. The van der Waals surface area contributed by atoms with E-state index in [1.54, 1.807) is 23.0 Å². The van der Waals surface area contributed by atoms with Crippen LogP contribution in [0.2, 0.25) is 0 Å². The van der Waals surface area contributed by atoms with Gasteiger partial charge in [0.05, 0.1) is 31.0 Å². The van der Waals surface area contributed by atoms with Crippen LogP contribution < -0.4 is 0 Å². The standard InChI is InChI=1S/C17H24O7.C15H18O7.Al.B.HN/c1-3-11(2)14(19)22-7-6-21-13(18)9-16-8-12-4-5-17(16,24-12)10-23-15(16)20;1-2-11(16)19-5-6-20-12(17)8-14-7-10-3-4-15(14,22-10)9-21-13(14)18;;;/h11-12H,3-10H2,1-2H3;2,10H,1,3-9H2;;;1H. The topological polar surface area (TPSA) is 200 Å². The number of fused-ring (bicyclic) bond motifs is 2. The molecule has 0 amide bonds. The second-order valence-corrected chi connectivity index (χ2v) is 12.9. The van der Waals surface area contributed by atoms with Gasteiger partial charge in [-0.3, -0.25) is 24.0 Å². The van der Waals surface area contributed by atoms with Crippen molar-refractivity contribution >= 4 is 60.3 Å². The Balaban J connectivity index is 0.000000249. The first-order chi connectivity index (χ1) is 22.9. The van der Waals surface area contributed by atoms with Gasteiger partial charge in [0.1, 0.15) is 61.7 Å². The molecule has 6 rings (SSSR count). The predicted molar refractivity (Wildman–Crippen MR) is 167 cm³/mol. The molecule has 0 saturated carbocycles. The predicted octanol–water partition coefficient (Wildman–Crippen LogP) is 1.42. The zero-order valence-corrected chi connectivity index (χ0v) is 29.1. The number of rotatable bonds is 13. The minimum absolute atomic E-state index is 0. The summed E-state index contributed by atoms with van der Waals surface area (Å²) in [5.74, 6) is -2.76. The molecular weight excluding hydrogens is 660 g/mol. The molecule has 0 aliphatic carbocycles. The van der Waals surface area contributed by atoms with Gasteiger partial charge < -0.3 is 37.9 Å². The summed E-state index contributed by atoms with van der Waals surface area (Å²) in [4.78, 5) is 71.0. The molecule has 0 aromatic rings. The second kappa shape index (κ2) is 16.7. The van der Waals surface area contributed by atoms with E-state index in [2.05, 4.69) is 6.58 Å². The first-order valence-corrected chi connectivity index (χ1v) is 16.8. The Bertz CT molecular complexity index is 1300. The summed E-state index contributed by atoms with van der Waals surface area (Å²) < 4.78 is 47.8. The second-order valence-electron chi connectivity index (χ2n) is 12.9. The Morgan fingerprint density at radius 2 is 1.27 bits per heavy atom. The van der Waals surface area contributed by atoms with Crippen molar-refractivity contribution in [2.24, 2.45) is 16.7 Å². The summed E-state index contributed by atoms with van der Waals surface area (Å²) in [6.45, 7) is 7.30. The molecule has 15 nitrogen and oxygen atoms in total. The van der Waals surface area contributed by atoms with E-state index in [0.29, 0.717) is 19.3 Å². The van der Waals surface area contributed by atoms with Crippen molar-refractivity contribution in [2.45, 2.75) is 95.0 Å². The normalized spacial score (nSPS) is 32.7. The zero-order chi connectivity index (χ0) is 35.2. The SMILES string of the molecule is C=CC(=O)OCCOC(=O)CC12CC3CCC1(COC2=O)O3.CCC(C)C(=O)OCCOC(=O)CC12CC3CCC1(COC2=O)O3.[B].[NH]=[Al]. The molecule has 7 unspecified atom stereocenters. The Morgan fingerprint density at radius 1 is 0.837 bits per heavy atom. The van der Waals surface area contributed by atoms with E-state index in [1.807, 2.05) is 6.92 Å². The number of hydrogen-bond donors (Lipinski definition) is 1. The van der Waals surface area contributed by atoms with Gasteiger partial charge in [-0.1, -0.05) is 20.4 Å². The van der Waals surface area contributed by atoms with Crippen molar-refractivity contribution < 1.29 is 66.7 Å². The van der Waals surface area contributed by atoms with E-state index in [4.69, 9.17) is 42.2 Å². The number of ether oxygens (including phenoxy) is 8. The summed E-state index contributed by atoms with van der Waals surface area (Å²) in [5, 5.41) is 0. The van der Waals surface area contributed by atoms with E-state index >= 15 is 0 Å². The summed E-state index contributed by atoms with van der Waals surface area (Å²) in [6.07, 6.45) is 5.98. The van der Waals surface area contributed by atoms with E-state index in [1.165, 1.54) is 0 Å². The van der Waals surface area contributed by atoms with Crippen molar-refractivity contribution in [3.63, 3.8) is 0 Å². The van der Waals surface area contributed by atoms with Gasteiger partial charge >= 0.3 is 56.3 Å². The van der Waals surface area contributed by atoms with Gasteiger partial charge in [-0.15, -0.1) is 0 Å². The first kappa shape index (κ1) is 40.3. The van der Waals surface area contributed by atoms with E-state index < -0.39 is 39.9 Å². The third-order valence-electron chi connectivity index (χ3n) is 10.3. The van der Waals surface area contributed by atoms with E-state index in [-0.39, 0.29) is 96.9 Å². The molecule has 17 heteroatoms. The van der Waals surface area contributed by atoms with Crippen LogP contribution in [-0.4, -0.2) is 123 Å². The van der Waals surface area contributed by atoms with Crippen LogP contribution in [0.25, 0.3) is 0 Å². The van der Waals surface area contributed by atoms with Crippen molar-refractivity contribution in [3.05, 3.63) is 12.7 Å². The number of hydrogen-bond acceptors (Lipinski definition) is 15. The van der Waals surface area contributed by atoms with Gasteiger partial charge in [-0.2, -0.15) is 0 Å². The number of esters is 6. The van der Waals surface area contributed by atoms with Crippen molar-refractivity contribution in [3.8, 4) is 0 Å². The molecule has 6 aliphatic heterocycles. The average Bonchev–Trinajstić information content (AvgIpc) is 3.92. The Labute approximate surface area is 294 Å². The van der Waals surface area contributed by atoms with E-state index in [9.17, 15) is 28.8 Å². The molecule has 7 atom stereocenters. The average molecular weight is 703 g/mol. The van der Waals surface area contributed by atoms with E-state index in [0.717, 1.165) is 31.8 Å². The number of carbonyl (C=O) groups excluding carboxylic acids is 6. The Hall–Kier alpha value is -3.12. The molecule has 6 heterocycles. The van der Waals surface area contributed by atoms with Gasteiger partial charge in [-0.25, -0.2) is 4.79 Å². The van der Waals surface area contributed by atoms with Crippen LogP contribution in [0.3, 0.4) is 0 Å². The Morgan fingerprint density at radius 3 is 1.67 bits per heavy atom. The maximum absolute atomic E-state index is 12.2. The Kier molecular flexibility index (Phi) is 13.8. The molecule has 6 saturated heterocycles. The quantitative estimate of drug-likeness (QED) is 0.0949. The maximum atomic E-state index is 12.2. The molecule has 0 aromatic carbocycles. The third kappa shape index (κ3) is 7.80. The van der Waals surface area contributed by atoms with Gasteiger partial charge in [0.25, 0.3) is 0 Å². The molecule has 6 fully saturated rings. The molecule has 4 bridgehead atoms. The number of nitrogens with one attached hydrogen (secondary N) is 1. The molecule has 6 aliphatic rings. The molecule has 2 spiro atoms. The fourth-order valence-electron chi connectivity index (χ4n) is 7.64. The summed E-state index contributed by atoms with van der Waals surface area (Å²) in [5.41, 5.74) is -3.13. The fourth-order valence-corrected chi connectivity index (χ4v) is 7.64. The van der Waals surface area contributed by atoms with Crippen LogP contribution in [0.15, 0.2) is 12.7 Å². The molecular formula is C32H43AlBNO14. The molecule has 1 N–H and O–H groups in total. The van der Waals surface area contributed by atoms with Gasteiger partial charge in [0.15, 0.2) is 0 Å². The number of cyclic esters (lactones) is 2. The molecule has 0 aromatic heterocycles. The molecule has 266 valence electrons.